The first-order valence-electron chi connectivity index (χ1n) is 2.72. The number of nitrogens with one attached hydrogen (secondary N) is 1. The second kappa shape index (κ2) is 2.75. The highest BCUT2D eigenvalue weighted by Crippen LogP contribution is 2.06. The average molecular weight is 160 g/mol. The molecule has 0 aromatic carbocycles. The molecule has 3 nitrogen and oxygen atoms in total. The van der Waals surface area contributed by atoms with E-state index in [0.29, 0.717) is 0 Å². The quantitative estimate of drug-likeness (QED) is 0.437. The van der Waals surface area contributed by atoms with Crippen molar-refractivity contribution >= 4 is 17.6 Å². The number of rotatable bonds is 1. The number of hydrogen-bond acceptors (Lipinski definition) is 2. The Morgan fingerprint density at radius 2 is 2.50 bits per heavy atom. The fourth-order valence-electron chi connectivity index (χ4n) is 0.634. The third-order valence-electron chi connectivity index (χ3n) is 1.09. The van der Waals surface area contributed by atoms with E-state index in [-0.39, 0.29) is 5.57 Å². The minimum atomic E-state index is -0.955. The zero-order chi connectivity index (χ0) is 7.56. The zero-order valence-electron chi connectivity index (χ0n) is 5.04. The standard InChI is InChI=1S/C6H6ClNO2/c7-5-3-4(6(9)10)1-2-8-5/h1-3,5,8H,(H,9,10). The summed E-state index contributed by atoms with van der Waals surface area (Å²) in [5, 5.41) is 11.2. The third-order valence-corrected chi connectivity index (χ3v) is 1.34. The van der Waals surface area contributed by atoms with E-state index in [0.717, 1.165) is 0 Å². The van der Waals surface area contributed by atoms with Crippen molar-refractivity contribution in [3.63, 3.8) is 0 Å². The number of hydrogen-bond donors (Lipinski definition) is 2. The van der Waals surface area contributed by atoms with Gasteiger partial charge in [-0.15, -0.1) is 0 Å². The van der Waals surface area contributed by atoms with Crippen LogP contribution in [-0.4, -0.2) is 16.6 Å². The predicted octanol–water partition coefficient (Wildman–Crippen LogP) is 0.679. The average Bonchev–Trinajstić information content (AvgIpc) is 1.88. The van der Waals surface area contributed by atoms with Crippen molar-refractivity contribution in [3.8, 4) is 0 Å². The van der Waals surface area contributed by atoms with Gasteiger partial charge in [-0.1, -0.05) is 11.6 Å². The summed E-state index contributed by atoms with van der Waals surface area (Å²) in [5.74, 6) is -0.955. The first kappa shape index (κ1) is 7.15. The monoisotopic (exact) mass is 159 g/mol. The Balaban J connectivity index is 2.76. The van der Waals surface area contributed by atoms with Crippen LogP contribution >= 0.6 is 11.6 Å². The van der Waals surface area contributed by atoms with Crippen molar-refractivity contribution in [2.45, 2.75) is 5.50 Å². The van der Waals surface area contributed by atoms with Crippen LogP contribution in [0.3, 0.4) is 0 Å². The molecule has 0 radical (unpaired) electrons. The number of carboxylic acid groups (broad SMARTS) is 1. The van der Waals surface area contributed by atoms with Crippen molar-refractivity contribution in [2.24, 2.45) is 0 Å². The molecule has 1 unspecified atom stereocenters. The van der Waals surface area contributed by atoms with E-state index in [1.54, 1.807) is 0 Å². The number of dihydropyridines is 1. The Kier molecular flexibility index (Phi) is 1.97. The summed E-state index contributed by atoms with van der Waals surface area (Å²) in [6.45, 7) is 0. The maximum Gasteiger partial charge on any atom is 0.335 e. The van der Waals surface area contributed by atoms with Crippen molar-refractivity contribution < 1.29 is 9.90 Å². The van der Waals surface area contributed by atoms with Crippen LogP contribution in [0, 0.1) is 0 Å². The molecule has 0 spiro atoms. The number of alkyl halides is 1. The highest BCUT2D eigenvalue weighted by atomic mass is 35.5. The summed E-state index contributed by atoms with van der Waals surface area (Å²) in [5.41, 5.74) is -0.185. The Bertz CT molecular complexity index is 210. The summed E-state index contributed by atoms with van der Waals surface area (Å²) in [4.78, 5) is 10.3. The first-order valence-corrected chi connectivity index (χ1v) is 3.15. The van der Waals surface area contributed by atoms with Gasteiger partial charge in [0, 0.05) is 0 Å². The summed E-state index contributed by atoms with van der Waals surface area (Å²) >= 11 is 5.55. The molecule has 10 heavy (non-hydrogen) atoms. The van der Waals surface area contributed by atoms with Crippen LogP contribution in [0.15, 0.2) is 23.9 Å². The molecule has 0 aromatic heterocycles. The second-order valence-corrected chi connectivity index (χ2v) is 2.30. The van der Waals surface area contributed by atoms with E-state index >= 15 is 0 Å². The third kappa shape index (κ3) is 1.51. The largest absolute Gasteiger partial charge is 0.478 e. The van der Waals surface area contributed by atoms with Gasteiger partial charge in [0.15, 0.2) is 0 Å². The minimum Gasteiger partial charge on any atom is -0.478 e. The number of carbonyl (C=O) groups is 1. The molecule has 0 amide bonds. The summed E-state index contributed by atoms with van der Waals surface area (Å²) in [6, 6.07) is 0. The van der Waals surface area contributed by atoms with Gasteiger partial charge in [-0.3, -0.25) is 0 Å². The highest BCUT2D eigenvalue weighted by Gasteiger charge is 2.09. The molecule has 1 atom stereocenters. The van der Waals surface area contributed by atoms with Crippen molar-refractivity contribution in [2.75, 3.05) is 0 Å². The lowest BCUT2D eigenvalue weighted by atomic mass is 10.2. The van der Waals surface area contributed by atoms with Crippen LogP contribution in [0.2, 0.25) is 0 Å². The summed E-state index contributed by atoms with van der Waals surface area (Å²) in [6.07, 6.45) is 4.41. The van der Waals surface area contributed by atoms with Crippen LogP contribution in [0.5, 0.6) is 0 Å². The summed E-state index contributed by atoms with van der Waals surface area (Å²) in [7, 11) is 0. The van der Waals surface area contributed by atoms with Crippen LogP contribution in [0.1, 0.15) is 0 Å². The van der Waals surface area contributed by atoms with Gasteiger partial charge in [0.2, 0.25) is 0 Å². The number of aliphatic carboxylic acids is 1. The lowest BCUT2D eigenvalue weighted by Gasteiger charge is -2.09. The van der Waals surface area contributed by atoms with Gasteiger partial charge in [0.1, 0.15) is 5.50 Å². The van der Waals surface area contributed by atoms with E-state index < -0.39 is 11.5 Å². The molecule has 0 saturated heterocycles. The van der Waals surface area contributed by atoms with Gasteiger partial charge in [-0.2, -0.15) is 0 Å². The number of carboxylic acids is 1. The van der Waals surface area contributed by atoms with Gasteiger partial charge in [0.25, 0.3) is 0 Å². The highest BCUT2D eigenvalue weighted by molar-refractivity contribution is 6.22. The fourth-order valence-corrected chi connectivity index (χ4v) is 0.842. The van der Waals surface area contributed by atoms with Gasteiger partial charge >= 0.3 is 5.97 Å². The SMILES string of the molecule is O=C(O)C1=CC(Cl)NC=C1. The van der Waals surface area contributed by atoms with Crippen LogP contribution in [0.25, 0.3) is 0 Å². The van der Waals surface area contributed by atoms with Gasteiger partial charge < -0.3 is 10.4 Å². The molecule has 54 valence electrons. The topological polar surface area (TPSA) is 49.3 Å². The molecule has 0 bridgehead atoms. The normalized spacial score (nSPS) is 23.3. The van der Waals surface area contributed by atoms with Crippen LogP contribution in [0.4, 0.5) is 0 Å². The molecule has 4 heteroatoms. The lowest BCUT2D eigenvalue weighted by Crippen LogP contribution is -2.20. The van der Waals surface area contributed by atoms with Crippen molar-refractivity contribution in [1.29, 1.82) is 0 Å². The molecule has 0 aromatic rings. The fraction of sp³-hybridized carbons (Fsp3) is 0.167. The molecular formula is C6H6ClNO2. The Hall–Kier alpha value is -0.960. The molecular weight excluding hydrogens is 154 g/mol. The Morgan fingerprint density at radius 1 is 1.80 bits per heavy atom. The summed E-state index contributed by atoms with van der Waals surface area (Å²) < 4.78 is 0. The Labute approximate surface area is 63.0 Å². The zero-order valence-corrected chi connectivity index (χ0v) is 5.80. The van der Waals surface area contributed by atoms with Crippen molar-refractivity contribution in [3.05, 3.63) is 23.9 Å². The molecule has 0 saturated carbocycles. The van der Waals surface area contributed by atoms with Gasteiger partial charge in [-0.05, 0) is 18.4 Å². The van der Waals surface area contributed by atoms with Gasteiger partial charge in [-0.25, -0.2) is 4.79 Å². The van der Waals surface area contributed by atoms with Gasteiger partial charge in [0.05, 0.1) is 5.57 Å². The second-order valence-electron chi connectivity index (χ2n) is 1.83. The van der Waals surface area contributed by atoms with E-state index in [1.807, 2.05) is 0 Å². The first-order chi connectivity index (χ1) is 4.70. The van der Waals surface area contributed by atoms with Crippen molar-refractivity contribution in [1.82, 2.24) is 5.32 Å². The molecule has 0 fully saturated rings. The maximum atomic E-state index is 10.3. The lowest BCUT2D eigenvalue weighted by molar-refractivity contribution is -0.132. The molecule has 1 aliphatic heterocycles. The van der Waals surface area contributed by atoms with E-state index in [9.17, 15) is 4.79 Å². The Morgan fingerprint density at radius 3 is 2.90 bits per heavy atom. The van der Waals surface area contributed by atoms with E-state index in [4.69, 9.17) is 16.7 Å². The maximum absolute atomic E-state index is 10.3. The minimum absolute atomic E-state index is 0.221. The molecule has 1 aliphatic rings. The molecule has 1 rings (SSSR count). The smallest absolute Gasteiger partial charge is 0.335 e. The van der Waals surface area contributed by atoms with E-state index in [1.165, 1.54) is 18.4 Å². The van der Waals surface area contributed by atoms with E-state index in [2.05, 4.69) is 5.32 Å². The number of halogens is 1. The predicted molar refractivity (Wildman–Crippen MR) is 37.6 cm³/mol. The molecule has 2 N–H and O–H groups in total. The van der Waals surface area contributed by atoms with Crippen LogP contribution in [-0.2, 0) is 4.79 Å². The molecule has 1 heterocycles. The van der Waals surface area contributed by atoms with Crippen LogP contribution < -0.4 is 5.32 Å². The molecule has 0 aliphatic carbocycles.